The van der Waals surface area contributed by atoms with Crippen LogP contribution in [0.5, 0.6) is 0 Å². The highest BCUT2D eigenvalue weighted by Crippen LogP contribution is 2.37. The van der Waals surface area contributed by atoms with Gasteiger partial charge in [-0.05, 0) is 23.3 Å². The van der Waals surface area contributed by atoms with Crippen LogP contribution in [-0.2, 0) is 5.41 Å². The molecule has 0 spiro atoms. The number of aliphatic hydroxyl groups excluding tert-OH is 1. The van der Waals surface area contributed by atoms with Gasteiger partial charge in [0.25, 0.3) is 0 Å². The number of hydrogen-bond donors (Lipinski definition) is 1. The first-order valence-corrected chi connectivity index (χ1v) is 7.17. The van der Waals surface area contributed by atoms with Gasteiger partial charge in [-0.1, -0.05) is 62.4 Å². The molecule has 3 aromatic rings. The summed E-state index contributed by atoms with van der Waals surface area (Å²) in [6, 6.07) is 20.0. The molecule has 0 amide bonds. The standard InChI is InChI=1S/C19H19NO/c1-19(2,16-8-4-3-5-9-16)18(21)15-11-10-14-7-6-12-20-17(14)13-15/h3-13,18,21H,1-2H3. The molecule has 0 bridgehead atoms. The molecule has 2 aromatic carbocycles. The summed E-state index contributed by atoms with van der Waals surface area (Å²) in [4.78, 5) is 4.37. The van der Waals surface area contributed by atoms with E-state index in [0.29, 0.717) is 0 Å². The molecule has 1 unspecified atom stereocenters. The fourth-order valence-electron chi connectivity index (χ4n) is 2.70. The second-order valence-electron chi connectivity index (χ2n) is 5.95. The predicted molar refractivity (Wildman–Crippen MR) is 86.2 cm³/mol. The summed E-state index contributed by atoms with van der Waals surface area (Å²) >= 11 is 0. The molecule has 1 heterocycles. The van der Waals surface area contributed by atoms with E-state index in [0.717, 1.165) is 22.0 Å². The molecule has 0 fully saturated rings. The van der Waals surface area contributed by atoms with E-state index in [1.807, 2.05) is 48.5 Å². The molecule has 1 aromatic heterocycles. The lowest BCUT2D eigenvalue weighted by atomic mass is 9.76. The van der Waals surface area contributed by atoms with E-state index in [1.165, 1.54) is 0 Å². The summed E-state index contributed by atoms with van der Waals surface area (Å²) in [5, 5.41) is 11.9. The Morgan fingerprint density at radius 2 is 1.71 bits per heavy atom. The lowest BCUT2D eigenvalue weighted by Gasteiger charge is -2.31. The van der Waals surface area contributed by atoms with Crippen LogP contribution < -0.4 is 0 Å². The predicted octanol–water partition coefficient (Wildman–Crippen LogP) is 4.25. The van der Waals surface area contributed by atoms with Crippen LogP contribution >= 0.6 is 0 Å². The molecular formula is C19H19NO. The van der Waals surface area contributed by atoms with Crippen molar-refractivity contribution in [3.05, 3.63) is 78.0 Å². The summed E-state index contributed by atoms with van der Waals surface area (Å²) in [5.41, 5.74) is 2.58. The van der Waals surface area contributed by atoms with Gasteiger partial charge in [0.15, 0.2) is 0 Å². The smallest absolute Gasteiger partial charge is 0.0882 e. The SMILES string of the molecule is CC(C)(c1ccccc1)C(O)c1ccc2cccnc2c1. The molecule has 1 N–H and O–H groups in total. The van der Waals surface area contributed by atoms with E-state index in [1.54, 1.807) is 6.20 Å². The van der Waals surface area contributed by atoms with Gasteiger partial charge >= 0.3 is 0 Å². The number of pyridine rings is 1. The number of aliphatic hydroxyl groups is 1. The molecule has 0 aliphatic carbocycles. The van der Waals surface area contributed by atoms with Crippen molar-refractivity contribution >= 4 is 10.9 Å². The van der Waals surface area contributed by atoms with E-state index >= 15 is 0 Å². The van der Waals surface area contributed by atoms with Crippen molar-refractivity contribution in [1.29, 1.82) is 0 Å². The Hall–Kier alpha value is -2.19. The minimum Gasteiger partial charge on any atom is -0.388 e. The first kappa shape index (κ1) is 13.8. The zero-order chi connectivity index (χ0) is 14.9. The molecule has 0 aliphatic rings. The van der Waals surface area contributed by atoms with Gasteiger partial charge in [0.05, 0.1) is 11.6 Å². The van der Waals surface area contributed by atoms with Gasteiger partial charge in [-0.25, -0.2) is 0 Å². The topological polar surface area (TPSA) is 33.1 Å². The van der Waals surface area contributed by atoms with E-state index in [2.05, 4.69) is 31.0 Å². The first-order valence-electron chi connectivity index (χ1n) is 7.17. The molecule has 0 saturated heterocycles. The van der Waals surface area contributed by atoms with Crippen LogP contribution in [0.1, 0.15) is 31.1 Å². The maximum Gasteiger partial charge on any atom is 0.0882 e. The highest BCUT2D eigenvalue weighted by atomic mass is 16.3. The van der Waals surface area contributed by atoms with Crippen molar-refractivity contribution in [2.24, 2.45) is 0 Å². The molecule has 1 atom stereocenters. The van der Waals surface area contributed by atoms with Crippen LogP contribution in [0.25, 0.3) is 10.9 Å². The van der Waals surface area contributed by atoms with E-state index in [-0.39, 0.29) is 5.41 Å². The maximum absolute atomic E-state index is 10.8. The fourth-order valence-corrected chi connectivity index (χ4v) is 2.70. The van der Waals surface area contributed by atoms with Gasteiger partial charge in [-0.2, -0.15) is 0 Å². The third-order valence-corrected chi connectivity index (χ3v) is 4.15. The van der Waals surface area contributed by atoms with Crippen molar-refractivity contribution in [2.75, 3.05) is 0 Å². The zero-order valence-electron chi connectivity index (χ0n) is 12.3. The Morgan fingerprint density at radius 1 is 0.952 bits per heavy atom. The molecule has 0 radical (unpaired) electrons. The van der Waals surface area contributed by atoms with Crippen molar-refractivity contribution in [2.45, 2.75) is 25.4 Å². The Morgan fingerprint density at radius 3 is 2.48 bits per heavy atom. The largest absolute Gasteiger partial charge is 0.388 e. The molecule has 2 nitrogen and oxygen atoms in total. The number of nitrogens with zero attached hydrogens (tertiary/aromatic N) is 1. The number of aromatic nitrogens is 1. The lowest BCUT2D eigenvalue weighted by Crippen LogP contribution is -2.26. The molecule has 0 aliphatic heterocycles. The zero-order valence-corrected chi connectivity index (χ0v) is 12.3. The lowest BCUT2D eigenvalue weighted by molar-refractivity contribution is 0.100. The molecule has 3 rings (SSSR count). The van der Waals surface area contributed by atoms with Crippen LogP contribution in [0.2, 0.25) is 0 Å². The van der Waals surface area contributed by atoms with Gasteiger partial charge in [-0.15, -0.1) is 0 Å². The van der Waals surface area contributed by atoms with Gasteiger partial charge < -0.3 is 5.11 Å². The van der Waals surface area contributed by atoms with Gasteiger partial charge in [-0.3, -0.25) is 4.98 Å². The average Bonchev–Trinajstić information content (AvgIpc) is 2.54. The van der Waals surface area contributed by atoms with Crippen LogP contribution in [0.15, 0.2) is 66.9 Å². The Kier molecular flexibility index (Phi) is 3.48. The Labute approximate surface area is 125 Å². The minimum absolute atomic E-state index is 0.357. The summed E-state index contributed by atoms with van der Waals surface area (Å²) in [5.74, 6) is 0. The molecule has 2 heteroatoms. The molecule has 106 valence electrons. The fraction of sp³-hybridized carbons (Fsp3) is 0.211. The maximum atomic E-state index is 10.8. The van der Waals surface area contributed by atoms with Crippen LogP contribution in [0.3, 0.4) is 0 Å². The van der Waals surface area contributed by atoms with Crippen molar-refractivity contribution in [3.63, 3.8) is 0 Å². The summed E-state index contributed by atoms with van der Waals surface area (Å²) < 4.78 is 0. The monoisotopic (exact) mass is 277 g/mol. The van der Waals surface area contributed by atoms with E-state index in [4.69, 9.17) is 0 Å². The second-order valence-corrected chi connectivity index (χ2v) is 5.95. The van der Waals surface area contributed by atoms with E-state index in [9.17, 15) is 5.11 Å². The van der Waals surface area contributed by atoms with Crippen LogP contribution in [-0.4, -0.2) is 10.1 Å². The van der Waals surface area contributed by atoms with E-state index < -0.39 is 6.10 Å². The summed E-state index contributed by atoms with van der Waals surface area (Å²) in [6.07, 6.45) is 1.20. The highest BCUT2D eigenvalue weighted by Gasteiger charge is 2.31. The van der Waals surface area contributed by atoms with Crippen LogP contribution in [0, 0.1) is 0 Å². The van der Waals surface area contributed by atoms with Gasteiger partial charge in [0.2, 0.25) is 0 Å². The quantitative estimate of drug-likeness (QED) is 0.776. The first-order chi connectivity index (χ1) is 10.1. The highest BCUT2D eigenvalue weighted by molar-refractivity contribution is 5.79. The Bertz CT molecular complexity index is 750. The average molecular weight is 277 g/mol. The number of fused-ring (bicyclic) bond motifs is 1. The van der Waals surface area contributed by atoms with Crippen molar-refractivity contribution in [1.82, 2.24) is 4.98 Å². The molecule has 21 heavy (non-hydrogen) atoms. The Balaban J connectivity index is 2.01. The second kappa shape index (κ2) is 5.30. The normalized spacial score (nSPS) is 13.3. The van der Waals surface area contributed by atoms with Gasteiger partial charge in [0, 0.05) is 17.0 Å². The van der Waals surface area contributed by atoms with Crippen molar-refractivity contribution in [3.8, 4) is 0 Å². The number of benzene rings is 2. The van der Waals surface area contributed by atoms with Crippen molar-refractivity contribution < 1.29 is 5.11 Å². The third-order valence-electron chi connectivity index (χ3n) is 4.15. The number of hydrogen-bond acceptors (Lipinski definition) is 2. The number of rotatable bonds is 3. The minimum atomic E-state index is -0.577. The summed E-state index contributed by atoms with van der Waals surface area (Å²) in [6.45, 7) is 4.13. The van der Waals surface area contributed by atoms with Crippen LogP contribution in [0.4, 0.5) is 0 Å². The van der Waals surface area contributed by atoms with Gasteiger partial charge in [0.1, 0.15) is 0 Å². The molecule has 0 saturated carbocycles. The molecular weight excluding hydrogens is 258 g/mol. The summed E-state index contributed by atoms with van der Waals surface area (Å²) in [7, 11) is 0. The third kappa shape index (κ3) is 2.55.